The number of aromatic nitrogens is 2. The van der Waals surface area contributed by atoms with E-state index in [1.54, 1.807) is 23.1 Å². The molecule has 1 saturated heterocycles. The minimum atomic E-state index is -1.32. The Bertz CT molecular complexity index is 798. The lowest BCUT2D eigenvalue weighted by Crippen LogP contribution is -2.47. The van der Waals surface area contributed by atoms with Gasteiger partial charge in [0.25, 0.3) is 0 Å². The average Bonchev–Trinajstić information content (AvgIpc) is 2.59. The normalized spacial score (nSPS) is 16.6. The standard InChI is InChI=1S/C18H19ClFN3O2/c19-15-4-2-14(3-5-15)12-18(20)6-10-22(11-7-18)16(24)13-23-9-1-8-21-17(23)25/h1-5,8-9H,6-7,10-13H2. The maximum Gasteiger partial charge on any atom is 0.347 e. The number of benzene rings is 1. The minimum absolute atomic E-state index is 0.0663. The summed E-state index contributed by atoms with van der Waals surface area (Å²) in [5.41, 5.74) is -0.889. The molecule has 1 aliphatic heterocycles. The second-order valence-corrected chi connectivity index (χ2v) is 6.80. The molecule has 3 rings (SSSR count). The van der Waals surface area contributed by atoms with Gasteiger partial charge in [-0.3, -0.25) is 9.36 Å². The molecule has 0 bridgehead atoms. The zero-order valence-corrected chi connectivity index (χ0v) is 14.5. The van der Waals surface area contributed by atoms with Crippen molar-refractivity contribution in [2.24, 2.45) is 0 Å². The molecule has 2 heterocycles. The van der Waals surface area contributed by atoms with Crippen LogP contribution in [0.2, 0.25) is 5.02 Å². The highest BCUT2D eigenvalue weighted by molar-refractivity contribution is 6.30. The van der Waals surface area contributed by atoms with E-state index >= 15 is 4.39 Å². The van der Waals surface area contributed by atoms with Gasteiger partial charge in [-0.25, -0.2) is 14.2 Å². The number of nitrogens with zero attached hydrogens (tertiary/aromatic N) is 3. The molecule has 1 fully saturated rings. The highest BCUT2D eigenvalue weighted by atomic mass is 35.5. The van der Waals surface area contributed by atoms with Gasteiger partial charge in [-0.15, -0.1) is 0 Å². The molecule has 0 saturated carbocycles. The summed E-state index contributed by atoms with van der Waals surface area (Å²) in [4.78, 5) is 29.1. The van der Waals surface area contributed by atoms with Crippen molar-refractivity contribution in [3.63, 3.8) is 0 Å². The fourth-order valence-corrected chi connectivity index (χ4v) is 3.18. The van der Waals surface area contributed by atoms with Gasteiger partial charge in [-0.1, -0.05) is 23.7 Å². The van der Waals surface area contributed by atoms with Gasteiger partial charge >= 0.3 is 5.69 Å². The number of rotatable bonds is 4. The minimum Gasteiger partial charge on any atom is -0.341 e. The molecule has 0 unspecified atom stereocenters. The number of alkyl halides is 1. The summed E-state index contributed by atoms with van der Waals surface area (Å²) >= 11 is 5.85. The van der Waals surface area contributed by atoms with Gasteiger partial charge < -0.3 is 4.90 Å². The predicted octanol–water partition coefficient (Wildman–Crippen LogP) is 2.47. The summed E-state index contributed by atoms with van der Waals surface area (Å²) in [6.45, 7) is 0.624. The second kappa shape index (κ2) is 7.35. The van der Waals surface area contributed by atoms with E-state index in [9.17, 15) is 9.59 Å². The first-order valence-corrected chi connectivity index (χ1v) is 8.56. The van der Waals surface area contributed by atoms with Gasteiger partial charge in [0, 0.05) is 36.9 Å². The Hall–Kier alpha value is -2.21. The summed E-state index contributed by atoms with van der Waals surface area (Å²) in [6, 6.07) is 8.77. The summed E-state index contributed by atoms with van der Waals surface area (Å²) in [5, 5.41) is 0.628. The van der Waals surface area contributed by atoms with Crippen LogP contribution in [0.1, 0.15) is 18.4 Å². The molecular formula is C18H19ClFN3O2. The Morgan fingerprint density at radius 1 is 1.24 bits per heavy atom. The molecule has 132 valence electrons. The number of halogens is 2. The summed E-state index contributed by atoms with van der Waals surface area (Å²) < 4.78 is 16.3. The lowest BCUT2D eigenvalue weighted by molar-refractivity contribution is -0.134. The van der Waals surface area contributed by atoms with Crippen molar-refractivity contribution in [2.75, 3.05) is 13.1 Å². The topological polar surface area (TPSA) is 55.2 Å². The predicted molar refractivity (Wildman–Crippen MR) is 93.3 cm³/mol. The highest BCUT2D eigenvalue weighted by Crippen LogP contribution is 2.31. The first-order chi connectivity index (χ1) is 12.0. The first kappa shape index (κ1) is 17.6. The van der Waals surface area contributed by atoms with Crippen molar-refractivity contribution in [3.8, 4) is 0 Å². The molecule has 0 radical (unpaired) electrons. The molecule has 5 nitrogen and oxygen atoms in total. The van der Waals surface area contributed by atoms with Crippen molar-refractivity contribution in [1.29, 1.82) is 0 Å². The Morgan fingerprint density at radius 3 is 2.56 bits per heavy atom. The smallest absolute Gasteiger partial charge is 0.341 e. The zero-order valence-electron chi connectivity index (χ0n) is 13.7. The molecule has 0 aliphatic carbocycles. The quantitative estimate of drug-likeness (QED) is 0.838. The number of hydrogen-bond donors (Lipinski definition) is 0. The summed E-state index contributed by atoms with van der Waals surface area (Å²) in [5.74, 6) is -0.191. The summed E-state index contributed by atoms with van der Waals surface area (Å²) in [6.07, 6.45) is 3.79. The van der Waals surface area contributed by atoms with Crippen molar-refractivity contribution in [3.05, 3.63) is 63.8 Å². The summed E-state index contributed by atoms with van der Waals surface area (Å²) in [7, 11) is 0. The number of likely N-dealkylation sites (tertiary alicyclic amines) is 1. The zero-order chi connectivity index (χ0) is 17.9. The Morgan fingerprint density at radius 2 is 1.92 bits per heavy atom. The molecule has 1 aromatic heterocycles. The van der Waals surface area contributed by atoms with Gasteiger partial charge in [0.2, 0.25) is 5.91 Å². The van der Waals surface area contributed by atoms with Crippen LogP contribution in [0.15, 0.2) is 47.5 Å². The van der Waals surface area contributed by atoms with Crippen LogP contribution in [0, 0.1) is 0 Å². The maximum atomic E-state index is 15.1. The largest absolute Gasteiger partial charge is 0.347 e. The van der Waals surface area contributed by atoms with Gasteiger partial charge in [-0.2, -0.15) is 0 Å². The third-order valence-corrected chi connectivity index (χ3v) is 4.79. The molecule has 1 aliphatic rings. The molecule has 7 heteroatoms. The van der Waals surface area contributed by atoms with Crippen LogP contribution in [0.3, 0.4) is 0 Å². The van der Waals surface area contributed by atoms with E-state index in [0.29, 0.717) is 24.5 Å². The van der Waals surface area contributed by atoms with Gasteiger partial charge in [0.1, 0.15) is 12.2 Å². The molecule has 0 atom stereocenters. The van der Waals surface area contributed by atoms with E-state index in [0.717, 1.165) is 5.56 Å². The average molecular weight is 364 g/mol. The van der Waals surface area contributed by atoms with Crippen molar-refractivity contribution in [2.45, 2.75) is 31.5 Å². The van der Waals surface area contributed by atoms with Crippen LogP contribution in [-0.2, 0) is 17.8 Å². The lowest BCUT2D eigenvalue weighted by atomic mass is 9.87. The van der Waals surface area contributed by atoms with E-state index in [2.05, 4.69) is 4.98 Å². The monoisotopic (exact) mass is 363 g/mol. The third-order valence-electron chi connectivity index (χ3n) is 4.53. The van der Waals surface area contributed by atoms with Crippen LogP contribution in [0.4, 0.5) is 4.39 Å². The van der Waals surface area contributed by atoms with E-state index in [1.807, 2.05) is 12.1 Å². The lowest BCUT2D eigenvalue weighted by Gasteiger charge is -2.36. The van der Waals surface area contributed by atoms with Crippen molar-refractivity contribution < 1.29 is 9.18 Å². The maximum absolute atomic E-state index is 15.1. The van der Waals surface area contributed by atoms with Crippen LogP contribution >= 0.6 is 11.6 Å². The van der Waals surface area contributed by atoms with E-state index in [-0.39, 0.29) is 25.3 Å². The SMILES string of the molecule is O=C(Cn1cccnc1=O)N1CCC(F)(Cc2ccc(Cl)cc2)CC1. The Balaban J connectivity index is 1.57. The molecule has 1 aromatic carbocycles. The third kappa shape index (κ3) is 4.45. The fraction of sp³-hybridized carbons (Fsp3) is 0.389. The highest BCUT2D eigenvalue weighted by Gasteiger charge is 2.36. The molecule has 1 amide bonds. The van der Waals surface area contributed by atoms with E-state index in [1.165, 1.54) is 17.0 Å². The number of carbonyl (C=O) groups excluding carboxylic acids is 1. The molecule has 2 aromatic rings. The van der Waals surface area contributed by atoms with Crippen LogP contribution in [-0.4, -0.2) is 39.1 Å². The Labute approximate surface area is 150 Å². The fourth-order valence-electron chi connectivity index (χ4n) is 3.05. The molecule has 25 heavy (non-hydrogen) atoms. The van der Waals surface area contributed by atoms with Crippen LogP contribution in [0.5, 0.6) is 0 Å². The number of amides is 1. The van der Waals surface area contributed by atoms with Gasteiger partial charge in [0.05, 0.1) is 0 Å². The molecular weight excluding hydrogens is 345 g/mol. The van der Waals surface area contributed by atoms with Crippen molar-refractivity contribution in [1.82, 2.24) is 14.5 Å². The molecule has 0 spiro atoms. The first-order valence-electron chi connectivity index (χ1n) is 8.18. The van der Waals surface area contributed by atoms with E-state index < -0.39 is 11.4 Å². The van der Waals surface area contributed by atoms with Crippen molar-refractivity contribution >= 4 is 17.5 Å². The van der Waals surface area contributed by atoms with Gasteiger partial charge in [-0.05, 0) is 36.6 Å². The molecule has 0 N–H and O–H groups in total. The Kier molecular flexibility index (Phi) is 5.18. The van der Waals surface area contributed by atoms with E-state index in [4.69, 9.17) is 11.6 Å². The number of hydrogen-bond acceptors (Lipinski definition) is 3. The van der Waals surface area contributed by atoms with Crippen LogP contribution in [0.25, 0.3) is 0 Å². The number of carbonyl (C=O) groups is 1. The van der Waals surface area contributed by atoms with Crippen LogP contribution < -0.4 is 5.69 Å². The number of piperidine rings is 1. The van der Waals surface area contributed by atoms with Gasteiger partial charge in [0.15, 0.2) is 0 Å². The second-order valence-electron chi connectivity index (χ2n) is 6.37.